The van der Waals surface area contributed by atoms with Crippen LogP contribution in [-0.2, 0) is 14.4 Å². The van der Waals surface area contributed by atoms with E-state index in [0.717, 1.165) is 16.2 Å². The van der Waals surface area contributed by atoms with E-state index in [2.05, 4.69) is 0 Å². The monoisotopic (exact) mass is 448 g/mol. The van der Waals surface area contributed by atoms with Gasteiger partial charge in [-0.1, -0.05) is 32.9 Å². The molecule has 170 valence electrons. The van der Waals surface area contributed by atoms with Crippen molar-refractivity contribution in [1.29, 1.82) is 0 Å². The SMILES string of the molecule is COc1ccc2c(c1)C=C[C@@H]1[C@@H]3C(=O)N(c4ccc(F)cc4)C(=O)[C@@H]3[C@@H](C(=O)C(C)(C)C)N21. The third-order valence-electron chi connectivity index (χ3n) is 6.81. The van der Waals surface area contributed by atoms with Gasteiger partial charge in [0.2, 0.25) is 11.8 Å². The van der Waals surface area contributed by atoms with Crippen LogP contribution in [0.25, 0.3) is 6.08 Å². The maximum atomic E-state index is 13.7. The van der Waals surface area contributed by atoms with Crippen LogP contribution < -0.4 is 14.5 Å². The Morgan fingerprint density at radius 1 is 1.00 bits per heavy atom. The Morgan fingerprint density at radius 2 is 1.67 bits per heavy atom. The topological polar surface area (TPSA) is 66.9 Å². The molecule has 33 heavy (non-hydrogen) atoms. The van der Waals surface area contributed by atoms with Gasteiger partial charge in [-0.2, -0.15) is 0 Å². The molecule has 0 bridgehead atoms. The highest BCUT2D eigenvalue weighted by Crippen LogP contribution is 2.50. The van der Waals surface area contributed by atoms with Gasteiger partial charge in [0.25, 0.3) is 0 Å². The molecular weight excluding hydrogens is 423 g/mol. The van der Waals surface area contributed by atoms with Crippen molar-refractivity contribution in [3.63, 3.8) is 0 Å². The lowest BCUT2D eigenvalue weighted by molar-refractivity contribution is -0.132. The average Bonchev–Trinajstić information content (AvgIpc) is 3.26. The van der Waals surface area contributed by atoms with Crippen molar-refractivity contribution >= 4 is 35.0 Å². The molecule has 2 amide bonds. The fourth-order valence-corrected chi connectivity index (χ4v) is 5.27. The smallest absolute Gasteiger partial charge is 0.240 e. The number of fused-ring (bicyclic) bond motifs is 5. The molecule has 5 rings (SSSR count). The normalized spacial score (nSPS) is 25.7. The van der Waals surface area contributed by atoms with Crippen LogP contribution in [0.15, 0.2) is 48.5 Å². The Bertz CT molecular complexity index is 1200. The summed E-state index contributed by atoms with van der Waals surface area (Å²) in [4.78, 5) is 44.0. The quantitative estimate of drug-likeness (QED) is 0.668. The van der Waals surface area contributed by atoms with Gasteiger partial charge in [0.1, 0.15) is 17.6 Å². The van der Waals surface area contributed by atoms with Gasteiger partial charge in [0.05, 0.1) is 30.7 Å². The Kier molecular flexibility index (Phi) is 4.71. The summed E-state index contributed by atoms with van der Waals surface area (Å²) in [5.74, 6) is -2.17. The number of carbonyl (C=O) groups is 3. The molecule has 0 saturated carbocycles. The van der Waals surface area contributed by atoms with Gasteiger partial charge in [-0.15, -0.1) is 0 Å². The fraction of sp³-hybridized carbons (Fsp3) is 0.346. The third-order valence-corrected chi connectivity index (χ3v) is 6.81. The number of carbonyl (C=O) groups excluding carboxylic acids is 3. The maximum Gasteiger partial charge on any atom is 0.240 e. The van der Waals surface area contributed by atoms with E-state index in [4.69, 9.17) is 4.74 Å². The summed E-state index contributed by atoms with van der Waals surface area (Å²) in [6.07, 6.45) is 3.81. The van der Waals surface area contributed by atoms with Crippen molar-refractivity contribution in [3.05, 3.63) is 59.9 Å². The number of hydrogen-bond acceptors (Lipinski definition) is 5. The summed E-state index contributed by atoms with van der Waals surface area (Å²) in [6, 6.07) is 9.62. The van der Waals surface area contributed by atoms with Crippen LogP contribution in [0.1, 0.15) is 26.3 Å². The number of nitrogens with zero attached hydrogens (tertiary/aromatic N) is 2. The lowest BCUT2D eigenvalue weighted by Gasteiger charge is -2.38. The number of halogens is 1. The molecule has 2 fully saturated rings. The number of benzene rings is 2. The van der Waals surface area contributed by atoms with Crippen LogP contribution >= 0.6 is 0 Å². The van der Waals surface area contributed by atoms with Gasteiger partial charge in [-0.3, -0.25) is 14.4 Å². The second kappa shape index (κ2) is 7.27. The molecule has 0 aliphatic carbocycles. The molecule has 3 heterocycles. The maximum absolute atomic E-state index is 13.7. The molecule has 0 spiro atoms. The van der Waals surface area contributed by atoms with Crippen molar-refractivity contribution in [2.75, 3.05) is 16.9 Å². The van der Waals surface area contributed by atoms with Crippen molar-refractivity contribution in [2.45, 2.75) is 32.9 Å². The Hall–Kier alpha value is -3.48. The van der Waals surface area contributed by atoms with Crippen molar-refractivity contribution < 1.29 is 23.5 Å². The number of rotatable bonds is 3. The predicted molar refractivity (Wildman–Crippen MR) is 122 cm³/mol. The zero-order valence-electron chi connectivity index (χ0n) is 18.9. The van der Waals surface area contributed by atoms with E-state index in [1.54, 1.807) is 7.11 Å². The molecule has 0 radical (unpaired) electrons. The van der Waals surface area contributed by atoms with Crippen LogP contribution in [0.4, 0.5) is 15.8 Å². The zero-order chi connectivity index (χ0) is 23.7. The lowest BCUT2D eigenvalue weighted by atomic mass is 9.79. The van der Waals surface area contributed by atoms with Gasteiger partial charge < -0.3 is 9.64 Å². The van der Waals surface area contributed by atoms with Crippen LogP contribution in [0.5, 0.6) is 5.75 Å². The van der Waals surface area contributed by atoms with Gasteiger partial charge in [-0.05, 0) is 42.5 Å². The van der Waals surface area contributed by atoms with Crippen molar-refractivity contribution in [2.24, 2.45) is 17.3 Å². The Morgan fingerprint density at radius 3 is 2.30 bits per heavy atom. The first kappa shape index (κ1) is 21.4. The largest absolute Gasteiger partial charge is 0.497 e. The minimum Gasteiger partial charge on any atom is -0.497 e. The predicted octanol–water partition coefficient (Wildman–Crippen LogP) is 3.84. The zero-order valence-corrected chi connectivity index (χ0v) is 18.9. The van der Waals surface area contributed by atoms with Crippen LogP contribution in [-0.4, -0.2) is 36.8 Å². The molecule has 2 aromatic rings. The number of hydrogen-bond donors (Lipinski definition) is 0. The number of ketones is 1. The first-order chi connectivity index (χ1) is 15.6. The van der Waals surface area contributed by atoms with Crippen LogP contribution in [0.3, 0.4) is 0 Å². The van der Waals surface area contributed by atoms with E-state index in [-0.39, 0.29) is 11.7 Å². The molecular formula is C26H25FN2O4. The minimum absolute atomic E-state index is 0.0980. The number of methoxy groups -OCH3 is 1. The Balaban J connectivity index is 1.64. The second-order valence-electron chi connectivity index (χ2n) is 9.78. The molecule has 0 unspecified atom stereocenters. The van der Waals surface area contributed by atoms with E-state index >= 15 is 0 Å². The number of Topliss-reactive ketones (excluding diaryl/α,β-unsaturated/α-hetero) is 1. The highest BCUT2D eigenvalue weighted by molar-refractivity contribution is 6.25. The number of ether oxygens (including phenoxy) is 1. The van der Waals surface area contributed by atoms with Gasteiger partial charge in [0.15, 0.2) is 5.78 Å². The number of amides is 2. The standard InChI is InChI=1S/C26H25FN2O4/c1-26(2,3)23(30)22-21-20(24(31)28(25(21)32)16-8-6-15(27)7-9-16)19-11-5-14-13-17(33-4)10-12-18(14)29(19)22/h5-13,19-22H,1-4H3/t19-,20+,21+,22+/m1/s1. The minimum atomic E-state index is -0.822. The highest BCUT2D eigenvalue weighted by Gasteiger charge is 2.65. The molecule has 0 aromatic heterocycles. The summed E-state index contributed by atoms with van der Waals surface area (Å²) in [7, 11) is 1.59. The van der Waals surface area contributed by atoms with Gasteiger partial charge in [0, 0.05) is 16.7 Å². The molecule has 3 aliphatic rings. The summed E-state index contributed by atoms with van der Waals surface area (Å²) >= 11 is 0. The van der Waals surface area contributed by atoms with Gasteiger partial charge >= 0.3 is 0 Å². The average molecular weight is 448 g/mol. The lowest BCUT2D eigenvalue weighted by Crippen LogP contribution is -2.51. The van der Waals surface area contributed by atoms with Crippen LogP contribution in [0.2, 0.25) is 0 Å². The highest BCUT2D eigenvalue weighted by atomic mass is 19.1. The van der Waals surface area contributed by atoms with E-state index in [0.29, 0.717) is 11.4 Å². The van der Waals surface area contributed by atoms with E-state index in [1.165, 1.54) is 24.3 Å². The van der Waals surface area contributed by atoms with Crippen molar-refractivity contribution in [3.8, 4) is 5.75 Å². The fourth-order valence-electron chi connectivity index (χ4n) is 5.27. The third kappa shape index (κ3) is 3.09. The molecule has 2 saturated heterocycles. The first-order valence-corrected chi connectivity index (χ1v) is 11.0. The summed E-state index contributed by atoms with van der Waals surface area (Å²) < 4.78 is 18.8. The molecule has 7 heteroatoms. The molecule has 2 aromatic carbocycles. The van der Waals surface area contributed by atoms with E-state index < -0.39 is 41.1 Å². The molecule has 0 N–H and O–H groups in total. The Labute approximate surface area is 191 Å². The summed E-state index contributed by atoms with van der Waals surface area (Å²) in [5.41, 5.74) is 1.27. The summed E-state index contributed by atoms with van der Waals surface area (Å²) in [5, 5.41) is 0. The number of imide groups is 1. The summed E-state index contributed by atoms with van der Waals surface area (Å²) in [6.45, 7) is 5.47. The first-order valence-electron chi connectivity index (χ1n) is 11.0. The molecule has 4 atom stereocenters. The molecule has 3 aliphatic heterocycles. The van der Waals surface area contributed by atoms with Crippen LogP contribution in [0, 0.1) is 23.1 Å². The molecule has 6 nitrogen and oxygen atoms in total. The number of anilines is 2. The second-order valence-corrected chi connectivity index (χ2v) is 9.78. The van der Waals surface area contributed by atoms with E-state index in [1.807, 2.05) is 56.0 Å². The van der Waals surface area contributed by atoms with Gasteiger partial charge in [-0.25, -0.2) is 9.29 Å². The van der Waals surface area contributed by atoms with Crippen molar-refractivity contribution in [1.82, 2.24) is 0 Å². The van der Waals surface area contributed by atoms with E-state index in [9.17, 15) is 18.8 Å².